The Morgan fingerprint density at radius 2 is 1.71 bits per heavy atom. The minimum absolute atomic E-state index is 0.0431. The second-order valence-corrected chi connectivity index (χ2v) is 8.81. The van der Waals surface area contributed by atoms with Crippen molar-refractivity contribution in [3.05, 3.63) is 66.5 Å². The predicted molar refractivity (Wildman–Crippen MR) is 127 cm³/mol. The van der Waals surface area contributed by atoms with Gasteiger partial charge in [-0.3, -0.25) is 9.59 Å². The van der Waals surface area contributed by atoms with E-state index in [9.17, 15) is 9.59 Å². The van der Waals surface area contributed by atoms with E-state index in [1.807, 2.05) is 23.1 Å². The first kappa shape index (κ1) is 20.8. The van der Waals surface area contributed by atoms with Crippen molar-refractivity contribution in [1.29, 1.82) is 0 Å². The fraction of sp³-hybridized carbons (Fsp3) is 0.308. The zero-order valence-electron chi connectivity index (χ0n) is 18.8. The maximum absolute atomic E-state index is 13.2. The number of aromatic nitrogens is 3. The summed E-state index contributed by atoms with van der Waals surface area (Å²) in [5.74, 6) is -0.0965. The van der Waals surface area contributed by atoms with E-state index in [1.54, 1.807) is 21.7 Å². The van der Waals surface area contributed by atoms with Crippen molar-refractivity contribution in [1.82, 2.24) is 24.4 Å². The molecule has 34 heavy (non-hydrogen) atoms. The van der Waals surface area contributed by atoms with Crippen LogP contribution in [0.3, 0.4) is 0 Å². The molecule has 2 amide bonds. The van der Waals surface area contributed by atoms with Gasteiger partial charge in [0.05, 0.1) is 5.69 Å². The van der Waals surface area contributed by atoms with Crippen molar-refractivity contribution >= 4 is 28.2 Å². The van der Waals surface area contributed by atoms with Gasteiger partial charge in [-0.05, 0) is 35.7 Å². The molecule has 0 spiro atoms. The largest absolute Gasteiger partial charge is 0.368 e. The molecule has 8 heteroatoms. The van der Waals surface area contributed by atoms with Gasteiger partial charge in [0.25, 0.3) is 11.8 Å². The number of piperazine rings is 1. The molecule has 0 bridgehead atoms. The van der Waals surface area contributed by atoms with Crippen LogP contribution in [0.4, 0.5) is 0 Å². The molecule has 2 aliphatic rings. The van der Waals surface area contributed by atoms with E-state index in [-0.39, 0.29) is 17.9 Å². The maximum Gasteiger partial charge on any atom is 0.274 e. The van der Waals surface area contributed by atoms with Crippen LogP contribution in [0.25, 0.3) is 27.7 Å². The van der Waals surface area contributed by atoms with Crippen LogP contribution >= 0.6 is 0 Å². The summed E-state index contributed by atoms with van der Waals surface area (Å²) in [6, 6.07) is 18.1. The molecule has 2 aromatic heterocycles. The lowest BCUT2D eigenvalue weighted by molar-refractivity contribution is -0.142. The lowest BCUT2D eigenvalue weighted by Crippen LogP contribution is -2.52. The molecule has 6 rings (SSSR count). The van der Waals surface area contributed by atoms with E-state index in [1.165, 1.54) is 5.39 Å². The number of benzene rings is 2. The van der Waals surface area contributed by atoms with E-state index in [2.05, 4.69) is 40.4 Å². The first-order chi connectivity index (χ1) is 16.7. The monoisotopic (exact) mass is 455 g/mol. The minimum Gasteiger partial charge on any atom is -0.368 e. The number of carbonyl (C=O) groups is 2. The Labute approximate surface area is 196 Å². The summed E-state index contributed by atoms with van der Waals surface area (Å²) in [4.78, 5) is 33.8. The van der Waals surface area contributed by atoms with E-state index in [0.717, 1.165) is 29.5 Å². The summed E-state index contributed by atoms with van der Waals surface area (Å²) in [5, 5.41) is 6.94. The van der Waals surface area contributed by atoms with Gasteiger partial charge in [0, 0.05) is 50.6 Å². The second kappa shape index (κ2) is 8.53. The molecule has 4 heterocycles. The van der Waals surface area contributed by atoms with Gasteiger partial charge in [0.1, 0.15) is 6.10 Å². The van der Waals surface area contributed by atoms with Crippen molar-refractivity contribution in [2.24, 2.45) is 0 Å². The Morgan fingerprint density at radius 3 is 2.50 bits per heavy atom. The molecule has 0 radical (unpaired) electrons. The van der Waals surface area contributed by atoms with Crippen LogP contribution in [0.1, 0.15) is 23.3 Å². The summed E-state index contributed by atoms with van der Waals surface area (Å²) in [6.07, 6.45) is 3.13. The second-order valence-electron chi connectivity index (χ2n) is 8.81. The van der Waals surface area contributed by atoms with Crippen LogP contribution in [-0.4, -0.2) is 75.1 Å². The van der Waals surface area contributed by atoms with E-state index in [0.29, 0.717) is 44.1 Å². The number of carbonyl (C=O) groups excluding carboxylic acids is 2. The van der Waals surface area contributed by atoms with Crippen LogP contribution in [0.2, 0.25) is 0 Å². The third-order valence-corrected chi connectivity index (χ3v) is 6.71. The number of nitrogens with zero attached hydrogens (tertiary/aromatic N) is 5. The van der Waals surface area contributed by atoms with E-state index in [4.69, 9.17) is 4.74 Å². The fourth-order valence-electron chi connectivity index (χ4n) is 4.83. The van der Waals surface area contributed by atoms with Crippen LogP contribution in [-0.2, 0) is 9.53 Å². The van der Waals surface area contributed by atoms with Crippen LogP contribution < -0.4 is 0 Å². The third-order valence-electron chi connectivity index (χ3n) is 6.71. The normalized spacial score (nSPS) is 18.6. The third kappa shape index (κ3) is 3.70. The molecule has 0 aliphatic carbocycles. The lowest BCUT2D eigenvalue weighted by atomic mass is 10.1. The molecule has 4 aromatic rings. The molecule has 0 unspecified atom stereocenters. The highest BCUT2D eigenvalue weighted by Crippen LogP contribution is 2.25. The Morgan fingerprint density at radius 1 is 0.912 bits per heavy atom. The van der Waals surface area contributed by atoms with E-state index >= 15 is 0 Å². The highest BCUT2D eigenvalue weighted by atomic mass is 16.5. The standard InChI is InChI=1S/C26H25N5O3/c32-25(29-11-13-30(14-12-29)26(33)23-6-3-15-34-23)21-17-24-27-10-9-22(31(24)28-21)20-8-7-18-4-1-2-5-19(18)16-20/h1-2,4-5,7-10,16-17,23H,3,6,11-15H2/t23-/m0/s1. The molecule has 0 N–H and O–H groups in total. The highest BCUT2D eigenvalue weighted by Gasteiger charge is 2.32. The molecule has 8 nitrogen and oxygen atoms in total. The summed E-state index contributed by atoms with van der Waals surface area (Å²) in [6.45, 7) is 2.64. The molecule has 1 atom stereocenters. The number of hydrogen-bond acceptors (Lipinski definition) is 5. The van der Waals surface area contributed by atoms with Gasteiger partial charge in [-0.2, -0.15) is 5.10 Å². The van der Waals surface area contributed by atoms with Crippen molar-refractivity contribution in [3.8, 4) is 11.3 Å². The van der Waals surface area contributed by atoms with Crippen molar-refractivity contribution < 1.29 is 14.3 Å². The smallest absolute Gasteiger partial charge is 0.274 e. The fourth-order valence-corrected chi connectivity index (χ4v) is 4.83. The summed E-state index contributed by atoms with van der Waals surface area (Å²) in [7, 11) is 0. The van der Waals surface area contributed by atoms with Gasteiger partial charge < -0.3 is 14.5 Å². The van der Waals surface area contributed by atoms with Crippen molar-refractivity contribution in [2.45, 2.75) is 18.9 Å². The topological polar surface area (TPSA) is 80.0 Å². The average molecular weight is 456 g/mol. The lowest BCUT2D eigenvalue weighted by Gasteiger charge is -2.35. The molecule has 2 fully saturated rings. The number of amides is 2. The van der Waals surface area contributed by atoms with Gasteiger partial charge in [0.2, 0.25) is 0 Å². The first-order valence-electron chi connectivity index (χ1n) is 11.7. The van der Waals surface area contributed by atoms with Crippen molar-refractivity contribution in [3.63, 3.8) is 0 Å². The van der Waals surface area contributed by atoms with Crippen LogP contribution in [0.5, 0.6) is 0 Å². The van der Waals surface area contributed by atoms with Crippen molar-refractivity contribution in [2.75, 3.05) is 32.8 Å². The first-order valence-corrected chi connectivity index (χ1v) is 11.7. The molecule has 172 valence electrons. The number of ether oxygens (including phenoxy) is 1. The number of fused-ring (bicyclic) bond motifs is 2. The molecule has 2 saturated heterocycles. The maximum atomic E-state index is 13.2. The predicted octanol–water partition coefficient (Wildman–Crippen LogP) is 3.01. The Balaban J connectivity index is 1.22. The zero-order chi connectivity index (χ0) is 23.1. The zero-order valence-corrected chi connectivity index (χ0v) is 18.8. The minimum atomic E-state index is -0.319. The van der Waals surface area contributed by atoms with Crippen LogP contribution in [0.15, 0.2) is 60.8 Å². The quantitative estimate of drug-likeness (QED) is 0.475. The average Bonchev–Trinajstić information content (AvgIpc) is 3.58. The highest BCUT2D eigenvalue weighted by molar-refractivity contribution is 5.94. The summed E-state index contributed by atoms with van der Waals surface area (Å²) < 4.78 is 7.26. The van der Waals surface area contributed by atoms with Gasteiger partial charge in [-0.1, -0.05) is 36.4 Å². The Hall–Kier alpha value is -3.78. The number of rotatable bonds is 3. The van der Waals surface area contributed by atoms with Crippen LogP contribution in [0, 0.1) is 0 Å². The number of hydrogen-bond donors (Lipinski definition) is 0. The summed E-state index contributed by atoms with van der Waals surface area (Å²) in [5.41, 5.74) is 2.87. The van der Waals surface area contributed by atoms with E-state index < -0.39 is 0 Å². The molecular weight excluding hydrogens is 430 g/mol. The summed E-state index contributed by atoms with van der Waals surface area (Å²) >= 11 is 0. The molecule has 2 aliphatic heterocycles. The molecular formula is C26H25N5O3. The van der Waals surface area contributed by atoms with Gasteiger partial charge in [0.15, 0.2) is 11.3 Å². The van der Waals surface area contributed by atoms with Gasteiger partial charge in [-0.15, -0.1) is 0 Å². The Kier molecular flexibility index (Phi) is 5.22. The van der Waals surface area contributed by atoms with Gasteiger partial charge >= 0.3 is 0 Å². The Bertz CT molecular complexity index is 1380. The van der Waals surface area contributed by atoms with Gasteiger partial charge in [-0.25, -0.2) is 9.50 Å². The molecule has 0 saturated carbocycles. The SMILES string of the molecule is O=C(c1cc2nccc(-c3ccc4ccccc4c3)n2n1)N1CCN(C(=O)[C@@H]2CCCO2)CC1. The molecule has 2 aromatic carbocycles.